The second-order valence-corrected chi connectivity index (χ2v) is 5.34. The Morgan fingerprint density at radius 3 is 2.84 bits per heavy atom. The molecular formula is C13H15BrFN3O. The van der Waals surface area contributed by atoms with Crippen molar-refractivity contribution in [3.05, 3.63) is 34.4 Å². The molecule has 102 valence electrons. The van der Waals surface area contributed by atoms with Crippen LogP contribution >= 0.6 is 15.9 Å². The van der Waals surface area contributed by atoms with Crippen molar-refractivity contribution in [3.8, 4) is 11.5 Å². The Bertz CT molecular complexity index is 557. The van der Waals surface area contributed by atoms with E-state index in [1.165, 1.54) is 6.07 Å². The molecule has 0 saturated carbocycles. The van der Waals surface area contributed by atoms with Crippen molar-refractivity contribution in [2.45, 2.75) is 26.3 Å². The van der Waals surface area contributed by atoms with Crippen molar-refractivity contribution < 1.29 is 8.81 Å². The minimum Gasteiger partial charge on any atom is -0.421 e. The van der Waals surface area contributed by atoms with Crippen LogP contribution in [0.25, 0.3) is 11.5 Å². The van der Waals surface area contributed by atoms with Gasteiger partial charge in [-0.25, -0.2) is 4.39 Å². The Balaban J connectivity index is 2.05. The Morgan fingerprint density at radius 1 is 1.37 bits per heavy atom. The number of rotatable bonds is 5. The van der Waals surface area contributed by atoms with Crippen molar-refractivity contribution in [3.63, 3.8) is 0 Å². The topological polar surface area (TPSA) is 51.0 Å². The summed E-state index contributed by atoms with van der Waals surface area (Å²) in [5, 5.41) is 11.2. The van der Waals surface area contributed by atoms with Gasteiger partial charge in [0.15, 0.2) is 0 Å². The molecule has 0 radical (unpaired) electrons. The summed E-state index contributed by atoms with van der Waals surface area (Å²) in [5.41, 5.74) is 0.698. The molecule has 0 bridgehead atoms. The third kappa shape index (κ3) is 3.84. The Hall–Kier alpha value is -1.27. The van der Waals surface area contributed by atoms with Crippen LogP contribution in [0.2, 0.25) is 0 Å². The van der Waals surface area contributed by atoms with E-state index in [1.807, 2.05) is 0 Å². The quantitative estimate of drug-likeness (QED) is 0.916. The molecule has 19 heavy (non-hydrogen) atoms. The molecule has 0 amide bonds. The molecule has 0 fully saturated rings. The van der Waals surface area contributed by atoms with E-state index in [0.29, 0.717) is 34.3 Å². The Morgan fingerprint density at radius 2 is 2.16 bits per heavy atom. The van der Waals surface area contributed by atoms with E-state index >= 15 is 0 Å². The molecular weight excluding hydrogens is 313 g/mol. The van der Waals surface area contributed by atoms with E-state index in [0.717, 1.165) is 6.54 Å². The van der Waals surface area contributed by atoms with Crippen molar-refractivity contribution in [1.82, 2.24) is 15.5 Å². The molecule has 1 N–H and O–H groups in total. The highest BCUT2D eigenvalue weighted by molar-refractivity contribution is 9.10. The van der Waals surface area contributed by atoms with Gasteiger partial charge in [0, 0.05) is 24.6 Å². The molecule has 0 unspecified atom stereocenters. The highest BCUT2D eigenvalue weighted by Gasteiger charge is 2.10. The summed E-state index contributed by atoms with van der Waals surface area (Å²) in [5.74, 6) is 0.661. The van der Waals surface area contributed by atoms with Crippen LogP contribution in [0.4, 0.5) is 4.39 Å². The number of nitrogens with zero attached hydrogens (tertiary/aromatic N) is 2. The normalized spacial score (nSPS) is 11.2. The summed E-state index contributed by atoms with van der Waals surface area (Å²) in [6, 6.07) is 5.03. The maximum absolute atomic E-state index is 13.1. The zero-order valence-electron chi connectivity index (χ0n) is 10.8. The summed E-state index contributed by atoms with van der Waals surface area (Å²) >= 11 is 3.13. The van der Waals surface area contributed by atoms with Gasteiger partial charge >= 0.3 is 0 Å². The number of aromatic nitrogens is 2. The van der Waals surface area contributed by atoms with Crippen LogP contribution in [-0.4, -0.2) is 22.8 Å². The van der Waals surface area contributed by atoms with E-state index in [-0.39, 0.29) is 5.82 Å². The van der Waals surface area contributed by atoms with Crippen LogP contribution in [0.3, 0.4) is 0 Å². The van der Waals surface area contributed by atoms with E-state index in [2.05, 4.69) is 45.3 Å². The molecule has 0 saturated heterocycles. The maximum Gasteiger partial charge on any atom is 0.247 e. The number of nitrogens with one attached hydrogen (secondary N) is 1. The zero-order valence-corrected chi connectivity index (χ0v) is 12.4. The number of benzene rings is 1. The van der Waals surface area contributed by atoms with Gasteiger partial charge in [-0.2, -0.15) is 0 Å². The van der Waals surface area contributed by atoms with Crippen molar-refractivity contribution in [2.24, 2.45) is 0 Å². The first-order chi connectivity index (χ1) is 9.06. The van der Waals surface area contributed by atoms with E-state index < -0.39 is 0 Å². The summed E-state index contributed by atoms with van der Waals surface area (Å²) < 4.78 is 19.1. The number of hydrogen-bond donors (Lipinski definition) is 1. The molecule has 4 nitrogen and oxygen atoms in total. The lowest BCUT2D eigenvalue weighted by molar-refractivity contribution is 0.484. The van der Waals surface area contributed by atoms with Crippen LogP contribution < -0.4 is 5.32 Å². The smallest absolute Gasteiger partial charge is 0.247 e. The largest absolute Gasteiger partial charge is 0.421 e. The number of halogens is 2. The predicted molar refractivity (Wildman–Crippen MR) is 74.2 cm³/mol. The average Bonchev–Trinajstić information content (AvgIpc) is 2.81. The van der Waals surface area contributed by atoms with Crippen molar-refractivity contribution in [1.29, 1.82) is 0 Å². The van der Waals surface area contributed by atoms with Gasteiger partial charge in [-0.15, -0.1) is 10.2 Å². The fourth-order valence-electron chi connectivity index (χ4n) is 1.57. The molecule has 1 heterocycles. The summed E-state index contributed by atoms with van der Waals surface area (Å²) in [6.07, 6.45) is 0.674. The molecule has 1 aromatic carbocycles. The number of hydrogen-bond acceptors (Lipinski definition) is 4. The molecule has 0 aliphatic carbocycles. The molecule has 0 aliphatic rings. The molecule has 6 heteroatoms. The van der Waals surface area contributed by atoms with Gasteiger partial charge in [-0.05, 0) is 34.1 Å². The lowest BCUT2D eigenvalue weighted by atomic mass is 10.2. The van der Waals surface area contributed by atoms with Crippen molar-refractivity contribution in [2.75, 3.05) is 6.54 Å². The minimum absolute atomic E-state index is 0.315. The van der Waals surface area contributed by atoms with Gasteiger partial charge in [0.25, 0.3) is 0 Å². The molecule has 2 rings (SSSR count). The Kier molecular flexibility index (Phi) is 4.66. The van der Waals surface area contributed by atoms with Gasteiger partial charge in [0.2, 0.25) is 11.8 Å². The predicted octanol–water partition coefficient (Wildman–Crippen LogP) is 3.18. The standard InChI is InChI=1S/C13H15BrFN3O/c1-8(2)16-6-5-12-17-18-13(19-12)9-3-4-11(15)10(14)7-9/h3-4,7-8,16H,5-6H2,1-2H3. The van der Waals surface area contributed by atoms with Gasteiger partial charge in [-0.3, -0.25) is 0 Å². The minimum atomic E-state index is -0.315. The average molecular weight is 328 g/mol. The van der Waals surface area contributed by atoms with Crippen LogP contribution in [0.15, 0.2) is 27.1 Å². The highest BCUT2D eigenvalue weighted by atomic mass is 79.9. The molecule has 2 aromatic rings. The van der Waals surface area contributed by atoms with E-state index in [9.17, 15) is 4.39 Å². The van der Waals surface area contributed by atoms with Crippen LogP contribution in [0.5, 0.6) is 0 Å². The van der Waals surface area contributed by atoms with E-state index in [4.69, 9.17) is 4.42 Å². The van der Waals surface area contributed by atoms with Gasteiger partial charge < -0.3 is 9.73 Å². The van der Waals surface area contributed by atoms with Gasteiger partial charge in [-0.1, -0.05) is 13.8 Å². The van der Waals surface area contributed by atoms with Gasteiger partial charge in [0.1, 0.15) is 5.82 Å². The first-order valence-electron chi connectivity index (χ1n) is 6.07. The third-order valence-electron chi connectivity index (χ3n) is 2.52. The van der Waals surface area contributed by atoms with Crippen molar-refractivity contribution >= 4 is 15.9 Å². The molecule has 0 spiro atoms. The first-order valence-corrected chi connectivity index (χ1v) is 6.86. The Labute approximate surface area is 119 Å². The second-order valence-electron chi connectivity index (χ2n) is 4.49. The molecule has 0 atom stereocenters. The zero-order chi connectivity index (χ0) is 13.8. The molecule has 0 aliphatic heterocycles. The third-order valence-corrected chi connectivity index (χ3v) is 3.13. The van der Waals surface area contributed by atoms with E-state index in [1.54, 1.807) is 12.1 Å². The lowest BCUT2D eigenvalue weighted by Crippen LogP contribution is -2.25. The van der Waals surface area contributed by atoms with Gasteiger partial charge in [0.05, 0.1) is 4.47 Å². The monoisotopic (exact) mass is 327 g/mol. The highest BCUT2D eigenvalue weighted by Crippen LogP contribution is 2.24. The van der Waals surface area contributed by atoms with Crippen LogP contribution in [0, 0.1) is 5.82 Å². The fraction of sp³-hybridized carbons (Fsp3) is 0.385. The lowest BCUT2D eigenvalue weighted by Gasteiger charge is -2.04. The summed E-state index contributed by atoms with van der Waals surface area (Å²) in [7, 11) is 0. The first kappa shape index (κ1) is 14.1. The fourth-order valence-corrected chi connectivity index (χ4v) is 1.95. The van der Waals surface area contributed by atoms with Crippen LogP contribution in [-0.2, 0) is 6.42 Å². The SMILES string of the molecule is CC(C)NCCc1nnc(-c2ccc(F)c(Br)c2)o1. The summed E-state index contributed by atoms with van der Waals surface area (Å²) in [4.78, 5) is 0. The second kappa shape index (κ2) is 6.25. The van der Waals surface area contributed by atoms with Crippen LogP contribution in [0.1, 0.15) is 19.7 Å². The summed E-state index contributed by atoms with van der Waals surface area (Å²) in [6.45, 7) is 4.94. The maximum atomic E-state index is 13.1. The molecule has 1 aromatic heterocycles.